The molecule has 0 saturated heterocycles. The molecule has 35 heavy (non-hydrogen) atoms. The Balaban J connectivity index is 1.35. The van der Waals surface area contributed by atoms with Crippen molar-refractivity contribution in [2.75, 3.05) is 18.4 Å². The molecule has 3 aromatic carbocycles. The Morgan fingerprint density at radius 1 is 0.657 bits per heavy atom. The fraction of sp³-hybridized carbons (Fsp3) is 0.138. The summed E-state index contributed by atoms with van der Waals surface area (Å²) in [6.07, 6.45) is 3.14. The highest BCUT2D eigenvalue weighted by Gasteiger charge is 2.13. The molecular formula is C29H28N4O2. The van der Waals surface area contributed by atoms with Crippen LogP contribution in [-0.2, 0) is 12.8 Å². The van der Waals surface area contributed by atoms with Crippen LogP contribution in [0, 0.1) is 0 Å². The molecule has 176 valence electrons. The van der Waals surface area contributed by atoms with Crippen LogP contribution < -0.4 is 16.0 Å². The molecule has 0 aliphatic heterocycles. The Kier molecular flexibility index (Phi) is 8.22. The smallest absolute Gasteiger partial charge is 0.255 e. The molecule has 0 aliphatic carbocycles. The molecule has 1 aromatic heterocycles. The van der Waals surface area contributed by atoms with Gasteiger partial charge in [0.15, 0.2) is 0 Å². The van der Waals surface area contributed by atoms with Crippen molar-refractivity contribution in [3.05, 3.63) is 126 Å². The van der Waals surface area contributed by atoms with Crippen molar-refractivity contribution < 1.29 is 9.59 Å². The van der Waals surface area contributed by atoms with E-state index in [1.54, 1.807) is 36.5 Å². The number of benzene rings is 3. The molecule has 0 fully saturated rings. The van der Waals surface area contributed by atoms with Gasteiger partial charge >= 0.3 is 0 Å². The van der Waals surface area contributed by atoms with Crippen LogP contribution in [0.1, 0.15) is 31.8 Å². The molecule has 2 amide bonds. The number of nitrogens with zero attached hydrogens (tertiary/aromatic N) is 1. The lowest BCUT2D eigenvalue weighted by Gasteiger charge is -2.12. The summed E-state index contributed by atoms with van der Waals surface area (Å²) in [5.74, 6) is 0.0853. The van der Waals surface area contributed by atoms with Crippen LogP contribution >= 0.6 is 0 Å². The normalized spacial score (nSPS) is 10.4. The van der Waals surface area contributed by atoms with Gasteiger partial charge in [-0.15, -0.1) is 0 Å². The first-order valence-electron chi connectivity index (χ1n) is 11.7. The number of carbonyl (C=O) groups excluding carboxylic acids is 2. The van der Waals surface area contributed by atoms with Gasteiger partial charge in [0.2, 0.25) is 0 Å². The lowest BCUT2D eigenvalue weighted by Crippen LogP contribution is -2.26. The van der Waals surface area contributed by atoms with E-state index in [0.717, 1.165) is 18.4 Å². The summed E-state index contributed by atoms with van der Waals surface area (Å²) in [5.41, 5.74) is 3.99. The predicted molar refractivity (Wildman–Crippen MR) is 139 cm³/mol. The van der Waals surface area contributed by atoms with E-state index in [4.69, 9.17) is 0 Å². The summed E-state index contributed by atoms with van der Waals surface area (Å²) in [7, 11) is 0. The number of amides is 2. The maximum atomic E-state index is 12.8. The average molecular weight is 465 g/mol. The molecule has 0 radical (unpaired) electrons. The second-order valence-electron chi connectivity index (χ2n) is 8.09. The highest BCUT2D eigenvalue weighted by atomic mass is 16.2. The van der Waals surface area contributed by atoms with Crippen molar-refractivity contribution in [2.24, 2.45) is 0 Å². The lowest BCUT2D eigenvalue weighted by atomic mass is 10.1. The molecule has 4 aromatic rings. The summed E-state index contributed by atoms with van der Waals surface area (Å²) >= 11 is 0. The number of rotatable bonds is 10. The maximum absolute atomic E-state index is 12.8. The van der Waals surface area contributed by atoms with Crippen molar-refractivity contribution in [1.29, 1.82) is 0 Å². The molecule has 0 unspecified atom stereocenters. The molecule has 0 aliphatic rings. The molecule has 0 atom stereocenters. The van der Waals surface area contributed by atoms with E-state index < -0.39 is 0 Å². The summed E-state index contributed by atoms with van der Waals surface area (Å²) in [5, 5.41) is 9.10. The third kappa shape index (κ3) is 7.01. The summed E-state index contributed by atoms with van der Waals surface area (Å²) in [4.78, 5) is 29.8. The molecule has 0 saturated carbocycles. The summed E-state index contributed by atoms with van der Waals surface area (Å²) in [6, 6.07) is 30.7. The first-order valence-corrected chi connectivity index (χ1v) is 11.7. The maximum Gasteiger partial charge on any atom is 0.255 e. The molecule has 1 heterocycles. The van der Waals surface area contributed by atoms with Gasteiger partial charge in [-0.3, -0.25) is 9.59 Å². The second-order valence-corrected chi connectivity index (χ2v) is 8.09. The Morgan fingerprint density at radius 3 is 1.94 bits per heavy atom. The Labute approximate surface area is 205 Å². The minimum Gasteiger partial charge on any atom is -0.352 e. The molecule has 3 N–H and O–H groups in total. The van der Waals surface area contributed by atoms with Crippen LogP contribution in [0.4, 0.5) is 11.5 Å². The number of aromatic nitrogens is 1. The predicted octanol–water partition coefficient (Wildman–Crippen LogP) is 4.77. The van der Waals surface area contributed by atoms with E-state index in [0.29, 0.717) is 35.7 Å². The van der Waals surface area contributed by atoms with Crippen LogP contribution in [0.5, 0.6) is 0 Å². The van der Waals surface area contributed by atoms with Crippen LogP contribution in [0.3, 0.4) is 0 Å². The molecule has 6 heteroatoms. The fourth-order valence-electron chi connectivity index (χ4n) is 3.69. The van der Waals surface area contributed by atoms with Crippen molar-refractivity contribution >= 4 is 23.3 Å². The Morgan fingerprint density at radius 2 is 1.29 bits per heavy atom. The lowest BCUT2D eigenvalue weighted by molar-refractivity contribution is 0.0946. The number of anilines is 2. The monoisotopic (exact) mass is 464 g/mol. The van der Waals surface area contributed by atoms with Gasteiger partial charge in [-0.2, -0.15) is 0 Å². The highest BCUT2D eigenvalue weighted by molar-refractivity contribution is 5.99. The number of carbonyl (C=O) groups is 2. The first-order chi connectivity index (χ1) is 17.2. The Bertz CT molecular complexity index is 1260. The number of hydrogen-bond donors (Lipinski definition) is 3. The van der Waals surface area contributed by atoms with E-state index >= 15 is 0 Å². The standard InChI is InChI=1S/C29H28N4O2/c34-28(31-19-16-22-9-3-1-4-10-22)24-13-7-14-25(21-24)33-27-26(15-8-18-30-27)29(35)32-20-17-23-11-5-2-6-12-23/h1-15,18,21H,16-17,19-20H2,(H,30,33)(H,31,34)(H,32,35). The quantitative estimate of drug-likeness (QED) is 0.316. The molecule has 6 nitrogen and oxygen atoms in total. The topological polar surface area (TPSA) is 83.1 Å². The van der Waals surface area contributed by atoms with Crippen molar-refractivity contribution in [3.63, 3.8) is 0 Å². The zero-order valence-corrected chi connectivity index (χ0v) is 19.4. The fourth-order valence-corrected chi connectivity index (χ4v) is 3.69. The van der Waals surface area contributed by atoms with E-state index in [2.05, 4.69) is 20.9 Å². The van der Waals surface area contributed by atoms with Gasteiger partial charge in [-0.05, 0) is 54.3 Å². The van der Waals surface area contributed by atoms with Gasteiger partial charge < -0.3 is 16.0 Å². The van der Waals surface area contributed by atoms with Gasteiger partial charge in [0.25, 0.3) is 11.8 Å². The first kappa shape index (κ1) is 23.7. The van der Waals surface area contributed by atoms with E-state index in [1.807, 2.05) is 66.7 Å². The van der Waals surface area contributed by atoms with E-state index in [9.17, 15) is 9.59 Å². The van der Waals surface area contributed by atoms with Crippen LogP contribution in [0.25, 0.3) is 0 Å². The van der Waals surface area contributed by atoms with Gasteiger partial charge in [0, 0.05) is 30.5 Å². The van der Waals surface area contributed by atoms with Crippen molar-refractivity contribution in [2.45, 2.75) is 12.8 Å². The van der Waals surface area contributed by atoms with Gasteiger partial charge in [-0.1, -0.05) is 66.7 Å². The third-order valence-corrected chi connectivity index (χ3v) is 5.52. The number of nitrogens with one attached hydrogen (secondary N) is 3. The zero-order valence-electron chi connectivity index (χ0n) is 19.4. The SMILES string of the molecule is O=C(NCCc1ccccc1)c1cccc(Nc2ncccc2C(=O)NCCc2ccccc2)c1. The second kappa shape index (κ2) is 12.1. The largest absolute Gasteiger partial charge is 0.352 e. The van der Waals surface area contributed by atoms with Gasteiger partial charge in [0.1, 0.15) is 5.82 Å². The van der Waals surface area contributed by atoms with Gasteiger partial charge in [-0.25, -0.2) is 4.98 Å². The van der Waals surface area contributed by atoms with Crippen molar-refractivity contribution in [1.82, 2.24) is 15.6 Å². The van der Waals surface area contributed by atoms with Crippen LogP contribution in [-0.4, -0.2) is 29.9 Å². The zero-order chi connectivity index (χ0) is 24.3. The molecular weight excluding hydrogens is 436 g/mol. The number of pyridine rings is 1. The van der Waals surface area contributed by atoms with E-state index in [1.165, 1.54) is 5.56 Å². The number of hydrogen-bond acceptors (Lipinski definition) is 4. The molecule has 0 bridgehead atoms. The van der Waals surface area contributed by atoms with Gasteiger partial charge in [0.05, 0.1) is 5.56 Å². The molecule has 0 spiro atoms. The highest BCUT2D eigenvalue weighted by Crippen LogP contribution is 2.19. The molecule has 4 rings (SSSR count). The Hall–Kier alpha value is -4.45. The third-order valence-electron chi connectivity index (χ3n) is 5.52. The average Bonchev–Trinajstić information content (AvgIpc) is 2.90. The summed E-state index contributed by atoms with van der Waals surface area (Å²) in [6.45, 7) is 1.07. The summed E-state index contributed by atoms with van der Waals surface area (Å²) < 4.78 is 0. The minimum atomic E-state index is -0.202. The van der Waals surface area contributed by atoms with Crippen molar-refractivity contribution in [3.8, 4) is 0 Å². The van der Waals surface area contributed by atoms with Crippen LogP contribution in [0.2, 0.25) is 0 Å². The van der Waals surface area contributed by atoms with Crippen LogP contribution in [0.15, 0.2) is 103 Å². The van der Waals surface area contributed by atoms with E-state index in [-0.39, 0.29) is 11.8 Å². The minimum absolute atomic E-state index is 0.149.